The van der Waals surface area contributed by atoms with E-state index in [0.717, 1.165) is 28.0 Å². The number of aromatic hydroxyl groups is 1. The summed E-state index contributed by atoms with van der Waals surface area (Å²) in [6.45, 7) is 2.59. The number of nitrogens with zero attached hydrogens (tertiary/aromatic N) is 3. The van der Waals surface area contributed by atoms with Crippen LogP contribution in [-0.2, 0) is 6.54 Å². The van der Waals surface area contributed by atoms with Gasteiger partial charge in [-0.25, -0.2) is 9.97 Å². The van der Waals surface area contributed by atoms with Gasteiger partial charge in [0, 0.05) is 11.6 Å². The Hall–Kier alpha value is -3.47. The molecule has 4 aromatic rings. The number of pyridine rings is 1. The van der Waals surface area contributed by atoms with E-state index in [-0.39, 0.29) is 5.75 Å². The summed E-state index contributed by atoms with van der Waals surface area (Å²) in [6, 6.07) is 19.0. The van der Waals surface area contributed by atoms with Gasteiger partial charge in [-0.05, 0) is 48.9 Å². The van der Waals surface area contributed by atoms with Gasteiger partial charge in [0.15, 0.2) is 5.82 Å². The maximum atomic E-state index is 10.2. The molecule has 2 N–H and O–H groups in total. The van der Waals surface area contributed by atoms with E-state index in [2.05, 4.69) is 20.3 Å². The lowest BCUT2D eigenvalue weighted by Gasteiger charge is -2.12. The first-order valence-corrected chi connectivity index (χ1v) is 8.41. The van der Waals surface area contributed by atoms with Crippen LogP contribution in [0.2, 0.25) is 0 Å². The third-order valence-corrected chi connectivity index (χ3v) is 4.16. The predicted molar refractivity (Wildman–Crippen MR) is 103 cm³/mol. The fourth-order valence-corrected chi connectivity index (χ4v) is 2.83. The summed E-state index contributed by atoms with van der Waals surface area (Å²) in [5.41, 5.74) is 3.49. The molecule has 0 aliphatic heterocycles. The largest absolute Gasteiger partial charge is 0.507 e. The number of nitrogens with one attached hydrogen (secondary N) is 1. The molecule has 0 radical (unpaired) electrons. The Labute approximate surface area is 151 Å². The average molecular weight is 342 g/mol. The van der Waals surface area contributed by atoms with Crippen LogP contribution >= 0.6 is 0 Å². The monoisotopic (exact) mass is 342 g/mol. The highest BCUT2D eigenvalue weighted by Crippen LogP contribution is 2.30. The molecule has 0 saturated carbocycles. The second-order valence-corrected chi connectivity index (χ2v) is 6.11. The summed E-state index contributed by atoms with van der Waals surface area (Å²) in [5.74, 6) is 1.37. The number of fused-ring (bicyclic) bond motifs is 1. The SMILES string of the molecule is Cc1ccc2c(NCc3ccccn3)nc(-c3ccccc3O)nc2c1. The molecule has 0 atom stereocenters. The molecule has 5 nitrogen and oxygen atoms in total. The molecular weight excluding hydrogens is 324 g/mol. The molecule has 2 heterocycles. The zero-order chi connectivity index (χ0) is 17.9. The van der Waals surface area contributed by atoms with E-state index >= 15 is 0 Å². The lowest BCUT2D eigenvalue weighted by molar-refractivity contribution is 0.477. The molecule has 2 aromatic carbocycles. The summed E-state index contributed by atoms with van der Waals surface area (Å²) < 4.78 is 0. The summed E-state index contributed by atoms with van der Waals surface area (Å²) in [4.78, 5) is 13.7. The molecule has 0 fully saturated rings. The molecule has 0 aliphatic rings. The molecule has 2 aromatic heterocycles. The van der Waals surface area contributed by atoms with Gasteiger partial charge in [-0.3, -0.25) is 4.98 Å². The van der Waals surface area contributed by atoms with Crippen molar-refractivity contribution in [3.05, 3.63) is 78.1 Å². The van der Waals surface area contributed by atoms with Gasteiger partial charge in [0.25, 0.3) is 0 Å². The molecule has 26 heavy (non-hydrogen) atoms. The highest BCUT2D eigenvalue weighted by atomic mass is 16.3. The summed E-state index contributed by atoms with van der Waals surface area (Å²) in [5, 5.41) is 14.5. The number of rotatable bonds is 4. The normalized spacial score (nSPS) is 10.8. The number of hydrogen-bond acceptors (Lipinski definition) is 5. The van der Waals surface area contributed by atoms with Crippen molar-refractivity contribution < 1.29 is 5.11 Å². The van der Waals surface area contributed by atoms with E-state index in [1.165, 1.54) is 0 Å². The van der Waals surface area contributed by atoms with Gasteiger partial charge in [-0.1, -0.05) is 24.3 Å². The van der Waals surface area contributed by atoms with E-state index in [4.69, 9.17) is 0 Å². The van der Waals surface area contributed by atoms with E-state index in [1.807, 2.05) is 55.5 Å². The lowest BCUT2D eigenvalue weighted by atomic mass is 10.1. The highest BCUT2D eigenvalue weighted by molar-refractivity contribution is 5.91. The Morgan fingerprint density at radius 3 is 2.62 bits per heavy atom. The number of aryl methyl sites for hydroxylation is 1. The molecule has 0 bridgehead atoms. The van der Waals surface area contributed by atoms with Crippen LogP contribution in [0.3, 0.4) is 0 Å². The molecule has 5 heteroatoms. The van der Waals surface area contributed by atoms with Gasteiger partial charge < -0.3 is 10.4 Å². The fraction of sp³-hybridized carbons (Fsp3) is 0.0952. The number of aromatic nitrogens is 3. The maximum Gasteiger partial charge on any atom is 0.165 e. The minimum absolute atomic E-state index is 0.162. The van der Waals surface area contributed by atoms with Crippen LogP contribution in [0.1, 0.15) is 11.3 Å². The van der Waals surface area contributed by atoms with Crippen molar-refractivity contribution in [2.24, 2.45) is 0 Å². The molecule has 0 spiro atoms. The van der Waals surface area contributed by atoms with E-state index in [0.29, 0.717) is 17.9 Å². The van der Waals surface area contributed by atoms with Crippen molar-refractivity contribution in [3.63, 3.8) is 0 Å². The van der Waals surface area contributed by atoms with Crippen molar-refractivity contribution in [1.29, 1.82) is 0 Å². The van der Waals surface area contributed by atoms with Crippen LogP contribution in [0, 0.1) is 6.92 Å². The van der Waals surface area contributed by atoms with Gasteiger partial charge >= 0.3 is 0 Å². The van der Waals surface area contributed by atoms with E-state index < -0.39 is 0 Å². The van der Waals surface area contributed by atoms with Crippen LogP contribution in [0.5, 0.6) is 5.75 Å². The molecular formula is C21H18N4O. The zero-order valence-electron chi connectivity index (χ0n) is 14.3. The summed E-state index contributed by atoms with van der Waals surface area (Å²) >= 11 is 0. The van der Waals surface area contributed by atoms with E-state index in [1.54, 1.807) is 18.3 Å². The Morgan fingerprint density at radius 2 is 1.81 bits per heavy atom. The number of phenolic OH excluding ortho intramolecular Hbond substituents is 1. The van der Waals surface area contributed by atoms with Gasteiger partial charge in [-0.2, -0.15) is 0 Å². The van der Waals surface area contributed by atoms with E-state index in [9.17, 15) is 5.11 Å². The Kier molecular flexibility index (Phi) is 4.19. The van der Waals surface area contributed by atoms with Gasteiger partial charge in [0.2, 0.25) is 0 Å². The standard InChI is InChI=1S/C21H18N4O/c1-14-9-10-16-18(12-14)24-21(17-7-2-3-8-19(17)26)25-20(16)23-13-15-6-4-5-11-22-15/h2-12,26H,13H2,1H3,(H,23,24,25). The zero-order valence-corrected chi connectivity index (χ0v) is 14.3. The molecule has 0 unspecified atom stereocenters. The second kappa shape index (κ2) is 6.80. The van der Waals surface area contributed by atoms with Crippen LogP contribution in [0.4, 0.5) is 5.82 Å². The van der Waals surface area contributed by atoms with Crippen molar-refractivity contribution >= 4 is 16.7 Å². The number of hydrogen-bond donors (Lipinski definition) is 2. The van der Waals surface area contributed by atoms with Gasteiger partial charge in [-0.15, -0.1) is 0 Å². The smallest absolute Gasteiger partial charge is 0.165 e. The highest BCUT2D eigenvalue weighted by Gasteiger charge is 2.12. The first-order chi connectivity index (χ1) is 12.7. The minimum atomic E-state index is 0.162. The Bertz CT molecular complexity index is 1060. The molecule has 0 aliphatic carbocycles. The second-order valence-electron chi connectivity index (χ2n) is 6.11. The molecule has 0 saturated heterocycles. The lowest BCUT2D eigenvalue weighted by Crippen LogP contribution is -2.05. The average Bonchev–Trinajstić information content (AvgIpc) is 2.67. The molecule has 4 rings (SSSR count). The van der Waals surface area contributed by atoms with Crippen LogP contribution in [0.25, 0.3) is 22.3 Å². The van der Waals surface area contributed by atoms with Crippen LogP contribution in [0.15, 0.2) is 66.9 Å². The third-order valence-electron chi connectivity index (χ3n) is 4.16. The van der Waals surface area contributed by atoms with Gasteiger partial charge in [0.05, 0.1) is 23.3 Å². The maximum absolute atomic E-state index is 10.2. The molecule has 0 amide bonds. The van der Waals surface area contributed by atoms with Crippen molar-refractivity contribution in [2.45, 2.75) is 13.5 Å². The van der Waals surface area contributed by atoms with Crippen LogP contribution in [-0.4, -0.2) is 20.1 Å². The summed E-state index contributed by atoms with van der Waals surface area (Å²) in [7, 11) is 0. The van der Waals surface area contributed by atoms with Crippen LogP contribution < -0.4 is 5.32 Å². The first-order valence-electron chi connectivity index (χ1n) is 8.41. The Morgan fingerprint density at radius 1 is 0.962 bits per heavy atom. The Balaban J connectivity index is 1.80. The first kappa shape index (κ1) is 16.0. The third kappa shape index (κ3) is 3.19. The fourth-order valence-electron chi connectivity index (χ4n) is 2.83. The van der Waals surface area contributed by atoms with Crippen molar-refractivity contribution in [1.82, 2.24) is 15.0 Å². The number of para-hydroxylation sites is 1. The number of anilines is 1. The predicted octanol–water partition coefficient (Wildman–Crippen LogP) is 4.32. The topological polar surface area (TPSA) is 70.9 Å². The van der Waals surface area contributed by atoms with Crippen molar-refractivity contribution in [2.75, 3.05) is 5.32 Å². The number of benzene rings is 2. The van der Waals surface area contributed by atoms with Crippen molar-refractivity contribution in [3.8, 4) is 17.1 Å². The number of phenols is 1. The minimum Gasteiger partial charge on any atom is -0.507 e. The quantitative estimate of drug-likeness (QED) is 0.578. The summed E-state index contributed by atoms with van der Waals surface area (Å²) in [6.07, 6.45) is 1.77. The van der Waals surface area contributed by atoms with Gasteiger partial charge in [0.1, 0.15) is 11.6 Å². The molecule has 128 valence electrons.